The largest absolute Gasteiger partial charge is 0.495 e. The van der Waals surface area contributed by atoms with Gasteiger partial charge in [-0.2, -0.15) is 5.26 Å². The summed E-state index contributed by atoms with van der Waals surface area (Å²) < 4.78 is 30.9. The lowest BCUT2D eigenvalue weighted by Gasteiger charge is -2.10. The van der Waals surface area contributed by atoms with Gasteiger partial charge in [0.1, 0.15) is 10.6 Å². The van der Waals surface area contributed by atoms with Crippen molar-refractivity contribution in [2.45, 2.75) is 11.3 Å². The van der Waals surface area contributed by atoms with E-state index in [0.717, 1.165) is 12.1 Å². The van der Waals surface area contributed by atoms with Crippen molar-refractivity contribution in [1.82, 2.24) is 4.72 Å². The van der Waals surface area contributed by atoms with E-state index in [1.54, 1.807) is 0 Å². The Morgan fingerprint density at radius 3 is 2.74 bits per heavy atom. The number of hydrogen-bond donors (Lipinski definition) is 2. The molecule has 0 fully saturated rings. The predicted octanol–water partition coefficient (Wildman–Crippen LogP) is 0.585. The molecule has 1 aromatic rings. The van der Waals surface area contributed by atoms with Crippen LogP contribution in [0.3, 0.4) is 0 Å². The van der Waals surface area contributed by atoms with Gasteiger partial charge in [-0.05, 0) is 18.2 Å². The van der Waals surface area contributed by atoms with Gasteiger partial charge < -0.3 is 9.84 Å². The first-order valence-electron chi connectivity index (χ1n) is 5.20. The number of sulfonamides is 1. The highest BCUT2D eigenvalue weighted by atomic mass is 32.2. The van der Waals surface area contributed by atoms with E-state index in [1.165, 1.54) is 13.2 Å². The second-order valence-corrected chi connectivity index (χ2v) is 5.21. The fraction of sp³-hybridized carbons (Fsp3) is 0.273. The van der Waals surface area contributed by atoms with E-state index < -0.39 is 16.0 Å². The number of aromatic carboxylic acids is 1. The Kier molecular flexibility index (Phi) is 4.86. The molecule has 0 radical (unpaired) electrons. The van der Waals surface area contributed by atoms with Crippen LogP contribution in [0.1, 0.15) is 16.8 Å². The van der Waals surface area contributed by atoms with Gasteiger partial charge in [-0.25, -0.2) is 17.9 Å². The van der Waals surface area contributed by atoms with Crippen molar-refractivity contribution >= 4 is 16.0 Å². The Morgan fingerprint density at radius 2 is 2.21 bits per heavy atom. The van der Waals surface area contributed by atoms with Crippen LogP contribution in [-0.2, 0) is 10.0 Å². The molecule has 0 unspecified atom stereocenters. The maximum atomic E-state index is 11.9. The summed E-state index contributed by atoms with van der Waals surface area (Å²) in [4.78, 5) is 10.6. The Labute approximate surface area is 110 Å². The maximum Gasteiger partial charge on any atom is 0.335 e. The third-order valence-corrected chi connectivity index (χ3v) is 3.73. The van der Waals surface area contributed by atoms with Crippen LogP contribution in [-0.4, -0.2) is 33.1 Å². The minimum absolute atomic E-state index is 0.0251. The van der Waals surface area contributed by atoms with E-state index in [-0.39, 0.29) is 29.2 Å². The molecule has 0 aliphatic carbocycles. The second-order valence-electron chi connectivity index (χ2n) is 3.48. The molecule has 102 valence electrons. The Bertz CT molecular complexity index is 618. The molecule has 1 aromatic carbocycles. The number of nitriles is 1. The van der Waals surface area contributed by atoms with Gasteiger partial charge in [0.2, 0.25) is 10.0 Å². The summed E-state index contributed by atoms with van der Waals surface area (Å²) in [7, 11) is -2.59. The zero-order chi connectivity index (χ0) is 14.5. The number of methoxy groups -OCH3 is 1. The van der Waals surface area contributed by atoms with Crippen LogP contribution in [0, 0.1) is 11.3 Å². The van der Waals surface area contributed by atoms with Crippen LogP contribution in [0.15, 0.2) is 23.1 Å². The highest BCUT2D eigenvalue weighted by Gasteiger charge is 2.20. The zero-order valence-electron chi connectivity index (χ0n) is 10.1. The van der Waals surface area contributed by atoms with Gasteiger partial charge in [0, 0.05) is 13.0 Å². The van der Waals surface area contributed by atoms with Crippen LogP contribution in [0.25, 0.3) is 0 Å². The molecule has 0 bridgehead atoms. The third kappa shape index (κ3) is 3.67. The molecule has 2 N–H and O–H groups in total. The fourth-order valence-corrected chi connectivity index (χ4v) is 2.52. The van der Waals surface area contributed by atoms with Crippen molar-refractivity contribution < 1.29 is 23.1 Å². The van der Waals surface area contributed by atoms with Gasteiger partial charge in [-0.3, -0.25) is 0 Å². The first-order valence-corrected chi connectivity index (χ1v) is 6.68. The zero-order valence-corrected chi connectivity index (χ0v) is 10.9. The number of carboxylic acids is 1. The Balaban J connectivity index is 3.13. The van der Waals surface area contributed by atoms with Crippen LogP contribution in [0.5, 0.6) is 5.75 Å². The monoisotopic (exact) mass is 284 g/mol. The number of rotatable bonds is 6. The number of carboxylic acid groups (broad SMARTS) is 1. The molecule has 0 atom stereocenters. The van der Waals surface area contributed by atoms with E-state index in [0.29, 0.717) is 0 Å². The topological polar surface area (TPSA) is 116 Å². The molecule has 0 amide bonds. The van der Waals surface area contributed by atoms with Crippen molar-refractivity contribution in [3.05, 3.63) is 23.8 Å². The van der Waals surface area contributed by atoms with Crippen molar-refractivity contribution in [1.29, 1.82) is 5.26 Å². The van der Waals surface area contributed by atoms with E-state index in [2.05, 4.69) is 4.72 Å². The fourth-order valence-electron chi connectivity index (χ4n) is 1.34. The van der Waals surface area contributed by atoms with Gasteiger partial charge in [0.05, 0.1) is 18.7 Å². The first kappa shape index (κ1) is 14.9. The lowest BCUT2D eigenvalue weighted by molar-refractivity contribution is 0.0696. The van der Waals surface area contributed by atoms with Gasteiger partial charge in [-0.1, -0.05) is 0 Å². The minimum Gasteiger partial charge on any atom is -0.495 e. The van der Waals surface area contributed by atoms with E-state index in [4.69, 9.17) is 15.1 Å². The molecule has 0 heterocycles. The summed E-state index contributed by atoms with van der Waals surface area (Å²) in [6, 6.07) is 5.25. The SMILES string of the molecule is COc1cc(C(=O)O)ccc1S(=O)(=O)NCCC#N. The van der Waals surface area contributed by atoms with Crippen molar-refractivity contribution in [2.24, 2.45) is 0 Å². The van der Waals surface area contributed by atoms with Gasteiger partial charge in [-0.15, -0.1) is 0 Å². The van der Waals surface area contributed by atoms with Gasteiger partial charge in [0.25, 0.3) is 0 Å². The number of ether oxygens (including phenoxy) is 1. The number of nitrogens with one attached hydrogen (secondary N) is 1. The number of nitrogens with zero attached hydrogens (tertiary/aromatic N) is 1. The summed E-state index contributed by atoms with van der Waals surface area (Å²) >= 11 is 0. The molecule has 0 aliphatic rings. The van der Waals surface area contributed by atoms with Crippen LogP contribution in [0.4, 0.5) is 0 Å². The summed E-state index contributed by atoms with van der Waals surface area (Å²) in [5.74, 6) is -1.25. The molecule has 19 heavy (non-hydrogen) atoms. The van der Waals surface area contributed by atoms with Gasteiger partial charge in [0.15, 0.2) is 0 Å². The smallest absolute Gasteiger partial charge is 0.335 e. The average molecular weight is 284 g/mol. The number of benzene rings is 1. The molecule has 0 spiro atoms. The third-order valence-electron chi connectivity index (χ3n) is 2.23. The highest BCUT2D eigenvalue weighted by molar-refractivity contribution is 7.89. The normalized spacial score (nSPS) is 10.7. The number of carbonyl (C=O) groups is 1. The Morgan fingerprint density at radius 1 is 1.53 bits per heavy atom. The van der Waals surface area contributed by atoms with Crippen LogP contribution < -0.4 is 9.46 Å². The van der Waals surface area contributed by atoms with E-state index in [1.807, 2.05) is 6.07 Å². The highest BCUT2D eigenvalue weighted by Crippen LogP contribution is 2.24. The van der Waals surface area contributed by atoms with Gasteiger partial charge >= 0.3 is 5.97 Å². The number of hydrogen-bond acceptors (Lipinski definition) is 5. The van der Waals surface area contributed by atoms with E-state index >= 15 is 0 Å². The predicted molar refractivity (Wildman–Crippen MR) is 65.4 cm³/mol. The summed E-state index contributed by atoms with van der Waals surface area (Å²) in [5, 5.41) is 17.2. The summed E-state index contributed by atoms with van der Waals surface area (Å²) in [5.41, 5.74) is -0.0761. The first-order chi connectivity index (χ1) is 8.92. The van der Waals surface area contributed by atoms with E-state index in [9.17, 15) is 13.2 Å². The molecule has 8 heteroatoms. The molecule has 0 saturated carbocycles. The van der Waals surface area contributed by atoms with Crippen molar-refractivity contribution in [3.8, 4) is 11.8 Å². The summed E-state index contributed by atoms with van der Waals surface area (Å²) in [6.45, 7) is -0.0251. The summed E-state index contributed by atoms with van der Waals surface area (Å²) in [6.07, 6.45) is 0.0365. The van der Waals surface area contributed by atoms with Crippen LogP contribution >= 0.6 is 0 Å². The molecule has 0 saturated heterocycles. The lowest BCUT2D eigenvalue weighted by atomic mass is 10.2. The maximum absolute atomic E-state index is 11.9. The molecule has 0 aliphatic heterocycles. The lowest BCUT2D eigenvalue weighted by Crippen LogP contribution is -2.25. The Hall–Kier alpha value is -2.11. The standard InChI is InChI=1S/C11H12N2O5S/c1-18-9-7-8(11(14)15)3-4-10(9)19(16,17)13-6-2-5-12/h3-4,7,13H,2,6H2,1H3,(H,14,15). The molecular weight excluding hydrogens is 272 g/mol. The van der Waals surface area contributed by atoms with Crippen molar-refractivity contribution in [2.75, 3.05) is 13.7 Å². The second kappa shape index (κ2) is 6.17. The minimum atomic E-state index is -3.84. The molecule has 1 rings (SSSR count). The quantitative estimate of drug-likeness (QED) is 0.738. The molecule has 0 aromatic heterocycles. The molecule has 7 nitrogen and oxygen atoms in total. The molecular formula is C11H12N2O5S. The van der Waals surface area contributed by atoms with Crippen molar-refractivity contribution in [3.63, 3.8) is 0 Å². The van der Waals surface area contributed by atoms with Crippen LogP contribution in [0.2, 0.25) is 0 Å². The average Bonchev–Trinajstić information content (AvgIpc) is 2.38.